The van der Waals surface area contributed by atoms with Crippen LogP contribution in [0.25, 0.3) is 0 Å². The molecular formula is C14H22N2O2. The molecule has 18 heavy (non-hydrogen) atoms. The normalized spacial score (nSPS) is 10.5. The topological polar surface area (TPSA) is 52.6 Å². The molecule has 1 aromatic rings. The van der Waals surface area contributed by atoms with Crippen LogP contribution < -0.4 is 5.32 Å². The monoisotopic (exact) mass is 250 g/mol. The number of carbonyl (C=O) groups is 1. The quantitative estimate of drug-likeness (QED) is 0.811. The van der Waals surface area contributed by atoms with E-state index in [0.29, 0.717) is 18.5 Å². The second kappa shape index (κ2) is 7.01. The Morgan fingerprint density at radius 3 is 2.39 bits per heavy atom. The number of hydrogen-bond donors (Lipinski definition) is 2. The van der Waals surface area contributed by atoms with Gasteiger partial charge in [-0.3, -0.25) is 4.79 Å². The van der Waals surface area contributed by atoms with E-state index in [0.717, 1.165) is 5.69 Å². The third kappa shape index (κ3) is 3.74. The van der Waals surface area contributed by atoms with Crippen molar-refractivity contribution in [2.45, 2.75) is 26.3 Å². The Morgan fingerprint density at radius 2 is 1.94 bits per heavy atom. The first-order chi connectivity index (χ1) is 8.60. The molecule has 0 saturated carbocycles. The van der Waals surface area contributed by atoms with Crippen LogP contribution in [0.1, 0.15) is 30.6 Å². The summed E-state index contributed by atoms with van der Waals surface area (Å²) in [6.45, 7) is 4.66. The summed E-state index contributed by atoms with van der Waals surface area (Å²) in [6.07, 6.45) is 0.610. The van der Waals surface area contributed by atoms with Crippen molar-refractivity contribution in [3.8, 4) is 0 Å². The molecule has 0 aromatic heterocycles. The first kappa shape index (κ1) is 14.5. The number of carbonyl (C=O) groups excluding carboxylic acids is 1. The average Bonchev–Trinajstić information content (AvgIpc) is 2.38. The fourth-order valence-corrected chi connectivity index (χ4v) is 1.78. The molecule has 0 spiro atoms. The van der Waals surface area contributed by atoms with Gasteiger partial charge in [-0.05, 0) is 44.5 Å². The average molecular weight is 250 g/mol. The molecule has 0 atom stereocenters. The molecule has 100 valence electrons. The largest absolute Gasteiger partial charge is 0.396 e. The lowest BCUT2D eigenvalue weighted by Gasteiger charge is -2.26. The van der Waals surface area contributed by atoms with Crippen LogP contribution >= 0.6 is 0 Å². The Morgan fingerprint density at radius 1 is 1.33 bits per heavy atom. The molecule has 0 radical (unpaired) electrons. The van der Waals surface area contributed by atoms with Gasteiger partial charge in [0.15, 0.2) is 0 Å². The Hall–Kier alpha value is -1.55. The third-order valence-corrected chi connectivity index (χ3v) is 2.86. The zero-order valence-electron chi connectivity index (χ0n) is 11.3. The van der Waals surface area contributed by atoms with Gasteiger partial charge in [0, 0.05) is 37.5 Å². The molecule has 4 heteroatoms. The lowest BCUT2D eigenvalue weighted by molar-refractivity contribution is 0.0693. The highest BCUT2D eigenvalue weighted by molar-refractivity contribution is 5.94. The molecule has 4 nitrogen and oxygen atoms in total. The zero-order valence-corrected chi connectivity index (χ0v) is 11.3. The highest BCUT2D eigenvalue weighted by Crippen LogP contribution is 2.13. The van der Waals surface area contributed by atoms with Crippen molar-refractivity contribution in [3.05, 3.63) is 29.8 Å². The van der Waals surface area contributed by atoms with E-state index in [-0.39, 0.29) is 18.6 Å². The molecule has 0 saturated heterocycles. The standard InChI is InChI=1S/C14H22N2O2/c1-11(2)16(9-4-10-17)14(18)12-5-7-13(15-3)8-6-12/h5-8,11,15,17H,4,9-10H2,1-3H3. The summed E-state index contributed by atoms with van der Waals surface area (Å²) >= 11 is 0. The van der Waals surface area contributed by atoms with Crippen LogP contribution in [-0.4, -0.2) is 42.2 Å². The van der Waals surface area contributed by atoms with Crippen molar-refractivity contribution in [1.29, 1.82) is 0 Å². The van der Waals surface area contributed by atoms with Crippen molar-refractivity contribution >= 4 is 11.6 Å². The Labute approximate surface area is 109 Å². The highest BCUT2D eigenvalue weighted by Gasteiger charge is 2.17. The van der Waals surface area contributed by atoms with Crippen LogP contribution in [0.15, 0.2) is 24.3 Å². The summed E-state index contributed by atoms with van der Waals surface area (Å²) < 4.78 is 0. The first-order valence-electron chi connectivity index (χ1n) is 6.29. The number of amides is 1. The van der Waals surface area contributed by atoms with Crippen LogP contribution in [0, 0.1) is 0 Å². The fourth-order valence-electron chi connectivity index (χ4n) is 1.78. The van der Waals surface area contributed by atoms with Crippen molar-refractivity contribution in [1.82, 2.24) is 4.90 Å². The van der Waals surface area contributed by atoms with Gasteiger partial charge < -0.3 is 15.3 Å². The maximum atomic E-state index is 12.3. The van der Waals surface area contributed by atoms with Crippen molar-refractivity contribution in [2.75, 3.05) is 25.5 Å². The van der Waals surface area contributed by atoms with Gasteiger partial charge in [0.25, 0.3) is 5.91 Å². The van der Waals surface area contributed by atoms with Crippen molar-refractivity contribution < 1.29 is 9.90 Å². The van der Waals surface area contributed by atoms with Gasteiger partial charge in [0.05, 0.1) is 0 Å². The molecule has 2 N–H and O–H groups in total. The second-order valence-electron chi connectivity index (χ2n) is 4.50. The summed E-state index contributed by atoms with van der Waals surface area (Å²) in [4.78, 5) is 14.1. The summed E-state index contributed by atoms with van der Waals surface area (Å²) in [7, 11) is 1.85. The Balaban J connectivity index is 2.80. The minimum absolute atomic E-state index is 0.0149. The first-order valence-corrected chi connectivity index (χ1v) is 6.29. The fraction of sp³-hybridized carbons (Fsp3) is 0.500. The molecular weight excluding hydrogens is 228 g/mol. The maximum Gasteiger partial charge on any atom is 0.254 e. The van der Waals surface area contributed by atoms with Crippen molar-refractivity contribution in [2.24, 2.45) is 0 Å². The number of benzene rings is 1. The summed E-state index contributed by atoms with van der Waals surface area (Å²) in [5.74, 6) is 0.0149. The van der Waals surface area contributed by atoms with E-state index in [9.17, 15) is 4.79 Å². The van der Waals surface area contributed by atoms with Crippen LogP contribution in [-0.2, 0) is 0 Å². The molecule has 1 amide bonds. The van der Waals surface area contributed by atoms with Crippen molar-refractivity contribution in [3.63, 3.8) is 0 Å². The smallest absolute Gasteiger partial charge is 0.254 e. The maximum absolute atomic E-state index is 12.3. The van der Waals surface area contributed by atoms with E-state index in [1.54, 1.807) is 4.90 Å². The molecule has 0 aliphatic heterocycles. The SMILES string of the molecule is CNc1ccc(C(=O)N(CCCO)C(C)C)cc1. The molecule has 0 heterocycles. The number of nitrogens with one attached hydrogen (secondary N) is 1. The minimum Gasteiger partial charge on any atom is -0.396 e. The minimum atomic E-state index is 0.0149. The van der Waals surface area contributed by atoms with Gasteiger partial charge in [-0.1, -0.05) is 0 Å². The zero-order chi connectivity index (χ0) is 13.5. The number of rotatable bonds is 6. The molecule has 0 unspecified atom stereocenters. The van der Waals surface area contributed by atoms with Crippen LogP contribution in [0.3, 0.4) is 0 Å². The molecule has 1 aromatic carbocycles. The number of nitrogens with zero attached hydrogens (tertiary/aromatic N) is 1. The molecule has 0 aliphatic rings. The number of hydrogen-bond acceptors (Lipinski definition) is 3. The summed E-state index contributed by atoms with van der Waals surface area (Å²) in [6, 6.07) is 7.55. The van der Waals surface area contributed by atoms with E-state index >= 15 is 0 Å². The van der Waals surface area contributed by atoms with Gasteiger partial charge in [0.2, 0.25) is 0 Å². The van der Waals surface area contributed by atoms with Gasteiger partial charge in [0.1, 0.15) is 0 Å². The molecule has 1 rings (SSSR count). The second-order valence-corrected chi connectivity index (χ2v) is 4.50. The number of aliphatic hydroxyl groups excluding tert-OH is 1. The Kier molecular flexibility index (Phi) is 5.65. The van der Waals surface area contributed by atoms with Gasteiger partial charge in [-0.25, -0.2) is 0 Å². The highest BCUT2D eigenvalue weighted by atomic mass is 16.3. The molecule has 0 aliphatic carbocycles. The van der Waals surface area contributed by atoms with E-state index < -0.39 is 0 Å². The Bertz CT molecular complexity index is 374. The lowest BCUT2D eigenvalue weighted by Crippen LogP contribution is -2.38. The van der Waals surface area contributed by atoms with Crippen LogP contribution in [0.5, 0.6) is 0 Å². The van der Waals surface area contributed by atoms with E-state index in [1.807, 2.05) is 45.2 Å². The predicted molar refractivity (Wildman–Crippen MR) is 73.9 cm³/mol. The van der Waals surface area contributed by atoms with E-state index in [1.165, 1.54) is 0 Å². The summed E-state index contributed by atoms with van der Waals surface area (Å²) in [5.41, 5.74) is 1.67. The third-order valence-electron chi connectivity index (χ3n) is 2.86. The number of anilines is 1. The van der Waals surface area contributed by atoms with E-state index in [2.05, 4.69) is 5.32 Å². The molecule has 0 bridgehead atoms. The van der Waals surface area contributed by atoms with Crippen LogP contribution in [0.2, 0.25) is 0 Å². The van der Waals surface area contributed by atoms with Gasteiger partial charge >= 0.3 is 0 Å². The van der Waals surface area contributed by atoms with E-state index in [4.69, 9.17) is 5.11 Å². The summed E-state index contributed by atoms with van der Waals surface area (Å²) in [5, 5.41) is 11.9. The number of aliphatic hydroxyl groups is 1. The molecule has 0 fully saturated rings. The van der Waals surface area contributed by atoms with Gasteiger partial charge in [-0.2, -0.15) is 0 Å². The lowest BCUT2D eigenvalue weighted by atomic mass is 10.1. The van der Waals surface area contributed by atoms with Gasteiger partial charge in [-0.15, -0.1) is 0 Å². The van der Waals surface area contributed by atoms with Crippen LogP contribution in [0.4, 0.5) is 5.69 Å². The predicted octanol–water partition coefficient (Wildman–Crippen LogP) is 1.96.